The van der Waals surface area contributed by atoms with Crippen LogP contribution in [-0.4, -0.2) is 33.4 Å². The molecule has 2 aromatic rings. The molecule has 0 unspecified atom stereocenters. The molecule has 0 radical (unpaired) electrons. The molecule has 1 saturated heterocycles. The number of likely N-dealkylation sites (tertiary alicyclic amines) is 1. The number of carbonyl (C=O) groups excluding carboxylic acids is 1. The first-order chi connectivity index (χ1) is 9.16. The molecule has 1 aromatic heterocycles. The maximum atomic E-state index is 11.4. The van der Waals surface area contributed by atoms with Crippen molar-refractivity contribution in [3.63, 3.8) is 0 Å². The van der Waals surface area contributed by atoms with Gasteiger partial charge in [-0.05, 0) is 31.9 Å². The fourth-order valence-electron chi connectivity index (χ4n) is 3.06. The van der Waals surface area contributed by atoms with Crippen LogP contribution in [0.5, 0.6) is 0 Å². The van der Waals surface area contributed by atoms with E-state index >= 15 is 0 Å². The fraction of sp³-hybridized carbons (Fsp3) is 0.467. The van der Waals surface area contributed by atoms with E-state index in [1.807, 2.05) is 11.0 Å². The Bertz CT molecular complexity index is 609. The van der Waals surface area contributed by atoms with Gasteiger partial charge in [0.1, 0.15) is 5.82 Å². The summed E-state index contributed by atoms with van der Waals surface area (Å²) >= 11 is 0. The molecule has 0 bridgehead atoms. The number of fused-ring (bicyclic) bond motifs is 1. The van der Waals surface area contributed by atoms with E-state index in [0.29, 0.717) is 6.04 Å². The first kappa shape index (κ1) is 12.2. The van der Waals surface area contributed by atoms with Gasteiger partial charge in [-0.3, -0.25) is 4.79 Å². The summed E-state index contributed by atoms with van der Waals surface area (Å²) in [5, 5.41) is 0. The predicted octanol–water partition coefficient (Wildman–Crippen LogP) is 2.53. The van der Waals surface area contributed by atoms with Crippen molar-refractivity contribution in [2.45, 2.75) is 32.7 Å². The highest BCUT2D eigenvalue weighted by atomic mass is 16.2. The average Bonchev–Trinajstić information content (AvgIpc) is 2.74. The van der Waals surface area contributed by atoms with Crippen LogP contribution >= 0.6 is 0 Å². The summed E-state index contributed by atoms with van der Waals surface area (Å²) < 4.78 is 2.34. The Hall–Kier alpha value is -1.84. The third-order valence-electron chi connectivity index (χ3n) is 4.05. The number of para-hydroxylation sites is 2. The molecular formula is C15H19N3O. The summed E-state index contributed by atoms with van der Waals surface area (Å²) in [5.41, 5.74) is 2.27. The molecule has 0 atom stereocenters. The second-order valence-corrected chi connectivity index (χ2v) is 5.25. The fourth-order valence-corrected chi connectivity index (χ4v) is 3.06. The number of nitrogens with zero attached hydrogens (tertiary/aromatic N) is 3. The van der Waals surface area contributed by atoms with Gasteiger partial charge >= 0.3 is 0 Å². The maximum Gasteiger partial charge on any atom is 0.219 e. The maximum absolute atomic E-state index is 11.4. The molecule has 1 aliphatic heterocycles. The zero-order valence-corrected chi connectivity index (χ0v) is 11.5. The minimum atomic E-state index is 0.186. The van der Waals surface area contributed by atoms with Crippen molar-refractivity contribution in [3.05, 3.63) is 30.1 Å². The molecule has 1 fully saturated rings. The van der Waals surface area contributed by atoms with Crippen LogP contribution in [0.3, 0.4) is 0 Å². The lowest BCUT2D eigenvalue weighted by atomic mass is 10.0. The van der Waals surface area contributed by atoms with Gasteiger partial charge in [-0.25, -0.2) is 4.98 Å². The average molecular weight is 257 g/mol. The van der Waals surface area contributed by atoms with Gasteiger partial charge in [0.25, 0.3) is 0 Å². The summed E-state index contributed by atoms with van der Waals surface area (Å²) in [7, 11) is 0. The Balaban J connectivity index is 1.89. The van der Waals surface area contributed by atoms with Crippen molar-refractivity contribution < 1.29 is 4.79 Å². The largest absolute Gasteiger partial charge is 0.343 e. The minimum Gasteiger partial charge on any atom is -0.343 e. The second-order valence-electron chi connectivity index (χ2n) is 5.25. The van der Waals surface area contributed by atoms with Gasteiger partial charge in [0.05, 0.1) is 11.0 Å². The Morgan fingerprint density at radius 1 is 1.26 bits per heavy atom. The summed E-state index contributed by atoms with van der Waals surface area (Å²) in [6, 6.07) is 8.74. The van der Waals surface area contributed by atoms with Gasteiger partial charge in [-0.2, -0.15) is 0 Å². The van der Waals surface area contributed by atoms with Crippen LogP contribution in [0.15, 0.2) is 24.3 Å². The topological polar surface area (TPSA) is 38.1 Å². The van der Waals surface area contributed by atoms with E-state index in [4.69, 9.17) is 0 Å². The quantitative estimate of drug-likeness (QED) is 0.787. The van der Waals surface area contributed by atoms with Crippen molar-refractivity contribution in [1.29, 1.82) is 0 Å². The monoisotopic (exact) mass is 257 g/mol. The van der Waals surface area contributed by atoms with E-state index in [1.165, 1.54) is 5.52 Å². The highest BCUT2D eigenvalue weighted by molar-refractivity contribution is 5.76. The van der Waals surface area contributed by atoms with E-state index in [0.717, 1.165) is 37.3 Å². The zero-order chi connectivity index (χ0) is 13.4. The van der Waals surface area contributed by atoms with Crippen LogP contribution in [0, 0.1) is 6.92 Å². The molecule has 4 heteroatoms. The lowest BCUT2D eigenvalue weighted by Crippen LogP contribution is -2.37. The molecule has 0 N–H and O–H groups in total. The highest BCUT2D eigenvalue weighted by Crippen LogP contribution is 2.28. The van der Waals surface area contributed by atoms with Gasteiger partial charge < -0.3 is 9.47 Å². The first-order valence-electron chi connectivity index (χ1n) is 6.86. The summed E-state index contributed by atoms with van der Waals surface area (Å²) in [4.78, 5) is 17.9. The van der Waals surface area contributed by atoms with Gasteiger partial charge in [-0.1, -0.05) is 12.1 Å². The molecule has 4 nitrogen and oxygen atoms in total. The third kappa shape index (κ3) is 2.11. The molecule has 1 amide bonds. The van der Waals surface area contributed by atoms with E-state index in [2.05, 4.69) is 34.7 Å². The third-order valence-corrected chi connectivity index (χ3v) is 4.05. The Labute approximate surface area is 113 Å². The Morgan fingerprint density at radius 2 is 1.95 bits per heavy atom. The van der Waals surface area contributed by atoms with Crippen LogP contribution in [0.2, 0.25) is 0 Å². The number of carbonyl (C=O) groups is 1. The van der Waals surface area contributed by atoms with Crippen molar-refractivity contribution in [2.24, 2.45) is 0 Å². The van der Waals surface area contributed by atoms with Crippen LogP contribution in [0.25, 0.3) is 11.0 Å². The van der Waals surface area contributed by atoms with E-state index in [-0.39, 0.29) is 5.91 Å². The molecular weight excluding hydrogens is 238 g/mol. The molecule has 1 aromatic carbocycles. The van der Waals surface area contributed by atoms with Crippen LogP contribution in [0.1, 0.15) is 31.6 Å². The van der Waals surface area contributed by atoms with Crippen LogP contribution in [-0.2, 0) is 4.79 Å². The lowest BCUT2D eigenvalue weighted by molar-refractivity contribution is -0.130. The molecule has 0 aliphatic carbocycles. The number of amides is 1. The molecule has 100 valence electrons. The normalized spacial score (nSPS) is 17.1. The standard InChI is InChI=1S/C15H19N3O/c1-11-16-14-5-3-4-6-15(14)18(11)13-7-9-17(10-8-13)12(2)19/h3-6,13H,7-10H2,1-2H3. The lowest BCUT2D eigenvalue weighted by Gasteiger charge is -2.32. The number of hydrogen-bond donors (Lipinski definition) is 0. The minimum absolute atomic E-state index is 0.186. The number of imidazole rings is 1. The van der Waals surface area contributed by atoms with Crippen LogP contribution < -0.4 is 0 Å². The number of rotatable bonds is 1. The van der Waals surface area contributed by atoms with E-state index in [9.17, 15) is 4.79 Å². The molecule has 2 heterocycles. The Morgan fingerprint density at radius 3 is 2.63 bits per heavy atom. The molecule has 0 saturated carbocycles. The number of benzene rings is 1. The van der Waals surface area contributed by atoms with E-state index in [1.54, 1.807) is 6.92 Å². The van der Waals surface area contributed by atoms with Gasteiger partial charge in [0.2, 0.25) is 5.91 Å². The summed E-state index contributed by atoms with van der Waals surface area (Å²) in [5.74, 6) is 1.26. The second kappa shape index (κ2) is 4.68. The van der Waals surface area contributed by atoms with Gasteiger partial charge in [0, 0.05) is 26.1 Å². The van der Waals surface area contributed by atoms with Crippen LogP contribution in [0.4, 0.5) is 0 Å². The van der Waals surface area contributed by atoms with Gasteiger partial charge in [0.15, 0.2) is 0 Å². The molecule has 3 rings (SSSR count). The summed E-state index contributed by atoms with van der Waals surface area (Å²) in [6.07, 6.45) is 2.03. The number of aromatic nitrogens is 2. The molecule has 0 spiro atoms. The predicted molar refractivity (Wildman–Crippen MR) is 75.0 cm³/mol. The first-order valence-corrected chi connectivity index (χ1v) is 6.86. The highest BCUT2D eigenvalue weighted by Gasteiger charge is 2.24. The zero-order valence-electron chi connectivity index (χ0n) is 11.5. The van der Waals surface area contributed by atoms with Crippen molar-refractivity contribution in [1.82, 2.24) is 14.5 Å². The van der Waals surface area contributed by atoms with E-state index < -0.39 is 0 Å². The molecule has 19 heavy (non-hydrogen) atoms. The number of aryl methyl sites for hydroxylation is 1. The number of piperidine rings is 1. The SMILES string of the molecule is CC(=O)N1CCC(n2c(C)nc3ccccc32)CC1. The smallest absolute Gasteiger partial charge is 0.219 e. The van der Waals surface area contributed by atoms with Crippen molar-refractivity contribution >= 4 is 16.9 Å². The Kier molecular flexibility index (Phi) is 3.01. The van der Waals surface area contributed by atoms with Crippen molar-refractivity contribution in [3.8, 4) is 0 Å². The van der Waals surface area contributed by atoms with Crippen molar-refractivity contribution in [2.75, 3.05) is 13.1 Å². The molecule has 1 aliphatic rings. The summed E-state index contributed by atoms with van der Waals surface area (Å²) in [6.45, 7) is 5.42. The van der Waals surface area contributed by atoms with Gasteiger partial charge in [-0.15, -0.1) is 0 Å². The number of hydrogen-bond acceptors (Lipinski definition) is 2.